The highest BCUT2D eigenvalue weighted by Crippen LogP contribution is 2.38. The first kappa shape index (κ1) is 19.7. The fourth-order valence-corrected chi connectivity index (χ4v) is 2.63. The molecule has 1 aromatic heterocycles. The maximum atomic E-state index is 12.9. The van der Waals surface area contributed by atoms with Crippen molar-refractivity contribution in [3.05, 3.63) is 41.1 Å². The van der Waals surface area contributed by atoms with E-state index in [1.54, 1.807) is 0 Å². The summed E-state index contributed by atoms with van der Waals surface area (Å²) in [5, 5.41) is 3.64. The van der Waals surface area contributed by atoms with Crippen molar-refractivity contribution in [2.75, 3.05) is 6.61 Å². The van der Waals surface area contributed by atoms with Gasteiger partial charge in [0.05, 0.1) is 17.7 Å². The van der Waals surface area contributed by atoms with Gasteiger partial charge in [0, 0.05) is 18.2 Å². The minimum Gasteiger partial charge on any atom is -0.356 e. The van der Waals surface area contributed by atoms with Gasteiger partial charge in [0.15, 0.2) is 12.1 Å². The van der Waals surface area contributed by atoms with E-state index in [0.29, 0.717) is 25.2 Å². The summed E-state index contributed by atoms with van der Waals surface area (Å²) in [5.41, 5.74) is -2.97. The summed E-state index contributed by atoms with van der Waals surface area (Å²) in [4.78, 5) is 0. The lowest BCUT2D eigenvalue weighted by Gasteiger charge is -2.22. The molecule has 2 aromatic rings. The molecule has 3 rings (SSSR count). The van der Waals surface area contributed by atoms with Crippen LogP contribution in [0.15, 0.2) is 28.8 Å². The summed E-state index contributed by atoms with van der Waals surface area (Å²) < 4.78 is 93.4. The van der Waals surface area contributed by atoms with E-state index >= 15 is 0 Å². The number of hydrogen-bond donors (Lipinski definition) is 0. The highest BCUT2D eigenvalue weighted by Gasteiger charge is 2.37. The minimum atomic E-state index is -4.93. The second kappa shape index (κ2) is 7.51. The largest absolute Gasteiger partial charge is 0.416 e. The molecule has 1 unspecified atom stereocenters. The molecule has 0 spiro atoms. The van der Waals surface area contributed by atoms with Gasteiger partial charge in [-0.3, -0.25) is 0 Å². The number of hydrogen-bond acceptors (Lipinski definition) is 4. The SMILES string of the molecule is FC(F)(F)c1cc(-c2cc(COC3CCCCO3)no2)cc(C(F)(F)F)c1. The van der Waals surface area contributed by atoms with Crippen LogP contribution in [0.25, 0.3) is 11.3 Å². The molecular weight excluding hydrogens is 380 g/mol. The van der Waals surface area contributed by atoms with Crippen LogP contribution in [0.2, 0.25) is 0 Å². The summed E-state index contributed by atoms with van der Waals surface area (Å²) in [6.45, 7) is 0.540. The van der Waals surface area contributed by atoms with E-state index in [1.807, 2.05) is 0 Å². The zero-order valence-corrected chi connectivity index (χ0v) is 13.9. The minimum absolute atomic E-state index is 0.0285. The molecule has 4 nitrogen and oxygen atoms in total. The monoisotopic (exact) mass is 395 g/mol. The van der Waals surface area contributed by atoms with Crippen LogP contribution in [0.1, 0.15) is 36.1 Å². The number of rotatable bonds is 4. The summed E-state index contributed by atoms with van der Waals surface area (Å²) in [7, 11) is 0. The number of nitrogens with zero attached hydrogens (tertiary/aromatic N) is 1. The van der Waals surface area contributed by atoms with Crippen molar-refractivity contribution in [1.29, 1.82) is 0 Å². The van der Waals surface area contributed by atoms with Gasteiger partial charge < -0.3 is 14.0 Å². The zero-order chi connectivity index (χ0) is 19.7. The number of alkyl halides is 6. The van der Waals surface area contributed by atoms with Crippen LogP contribution in [0, 0.1) is 0 Å². The Morgan fingerprint density at radius 2 is 1.63 bits per heavy atom. The summed E-state index contributed by atoms with van der Waals surface area (Å²) >= 11 is 0. The Bertz CT molecular complexity index is 745. The van der Waals surface area contributed by atoms with Crippen molar-refractivity contribution < 1.29 is 40.3 Å². The second-order valence-electron chi connectivity index (χ2n) is 6.08. The van der Waals surface area contributed by atoms with Gasteiger partial charge in [0.25, 0.3) is 0 Å². The maximum Gasteiger partial charge on any atom is 0.416 e. The van der Waals surface area contributed by atoms with Crippen LogP contribution in [-0.4, -0.2) is 18.1 Å². The number of halogens is 6. The Morgan fingerprint density at radius 1 is 0.963 bits per heavy atom. The molecule has 1 saturated heterocycles. The van der Waals surface area contributed by atoms with E-state index in [4.69, 9.17) is 14.0 Å². The van der Waals surface area contributed by atoms with Crippen LogP contribution in [0.5, 0.6) is 0 Å². The third-order valence-electron chi connectivity index (χ3n) is 3.99. The molecule has 0 saturated carbocycles. The zero-order valence-electron chi connectivity index (χ0n) is 13.9. The number of ether oxygens (including phenoxy) is 2. The van der Waals surface area contributed by atoms with Crippen molar-refractivity contribution in [3.8, 4) is 11.3 Å². The van der Waals surface area contributed by atoms with E-state index in [9.17, 15) is 26.3 Å². The molecule has 1 aliphatic heterocycles. The van der Waals surface area contributed by atoms with E-state index in [1.165, 1.54) is 6.07 Å². The average Bonchev–Trinajstić information content (AvgIpc) is 3.08. The van der Waals surface area contributed by atoms with E-state index in [2.05, 4.69) is 5.16 Å². The van der Waals surface area contributed by atoms with E-state index < -0.39 is 29.8 Å². The molecule has 27 heavy (non-hydrogen) atoms. The Labute approximate surface area is 150 Å². The topological polar surface area (TPSA) is 44.5 Å². The molecule has 0 radical (unpaired) electrons. The van der Waals surface area contributed by atoms with E-state index in [-0.39, 0.29) is 29.7 Å². The van der Waals surface area contributed by atoms with Gasteiger partial charge in [-0.2, -0.15) is 26.3 Å². The van der Waals surface area contributed by atoms with Gasteiger partial charge in [-0.1, -0.05) is 5.16 Å². The normalized spacial score (nSPS) is 18.7. The van der Waals surface area contributed by atoms with Crippen molar-refractivity contribution >= 4 is 0 Å². The first-order valence-electron chi connectivity index (χ1n) is 8.11. The standard InChI is InChI=1S/C17H15F6NO3/c18-16(19,20)11-5-10(6-12(7-11)17(21,22)23)14-8-13(24-27-14)9-26-15-3-1-2-4-25-15/h5-8,15H,1-4,9H2. The third-order valence-corrected chi connectivity index (χ3v) is 3.99. The van der Waals surface area contributed by atoms with Gasteiger partial charge in [0.2, 0.25) is 0 Å². The molecule has 0 N–H and O–H groups in total. The molecule has 0 aliphatic carbocycles. The van der Waals surface area contributed by atoms with Crippen molar-refractivity contribution in [2.45, 2.75) is 44.5 Å². The van der Waals surface area contributed by atoms with Gasteiger partial charge >= 0.3 is 12.4 Å². The Morgan fingerprint density at radius 3 is 2.19 bits per heavy atom. The molecule has 1 fully saturated rings. The van der Waals surface area contributed by atoms with Gasteiger partial charge in [-0.25, -0.2) is 0 Å². The fourth-order valence-electron chi connectivity index (χ4n) is 2.63. The van der Waals surface area contributed by atoms with E-state index in [0.717, 1.165) is 12.8 Å². The van der Waals surface area contributed by atoms with Crippen LogP contribution in [-0.2, 0) is 28.4 Å². The molecule has 0 bridgehead atoms. The van der Waals surface area contributed by atoms with Crippen molar-refractivity contribution in [2.24, 2.45) is 0 Å². The third kappa shape index (κ3) is 5.01. The smallest absolute Gasteiger partial charge is 0.356 e. The highest BCUT2D eigenvalue weighted by atomic mass is 19.4. The summed E-state index contributed by atoms with van der Waals surface area (Å²) in [6.07, 6.45) is -7.69. The van der Waals surface area contributed by atoms with Gasteiger partial charge in [-0.15, -0.1) is 0 Å². The highest BCUT2D eigenvalue weighted by molar-refractivity contribution is 5.60. The predicted molar refractivity (Wildman–Crippen MR) is 80.3 cm³/mol. The molecule has 10 heteroatoms. The van der Waals surface area contributed by atoms with Crippen LogP contribution >= 0.6 is 0 Å². The predicted octanol–water partition coefficient (Wildman–Crippen LogP) is 5.42. The fraction of sp³-hybridized carbons (Fsp3) is 0.471. The second-order valence-corrected chi connectivity index (χ2v) is 6.08. The van der Waals surface area contributed by atoms with Crippen molar-refractivity contribution in [1.82, 2.24) is 5.16 Å². The lowest BCUT2D eigenvalue weighted by atomic mass is 10.0. The summed E-state index contributed by atoms with van der Waals surface area (Å²) in [5.74, 6) is -0.213. The average molecular weight is 395 g/mol. The Hall–Kier alpha value is -2.07. The lowest BCUT2D eigenvalue weighted by molar-refractivity contribution is -0.169. The molecule has 2 heterocycles. The Balaban J connectivity index is 1.82. The molecule has 148 valence electrons. The molecule has 1 aromatic carbocycles. The quantitative estimate of drug-likeness (QED) is 0.649. The van der Waals surface area contributed by atoms with Crippen LogP contribution in [0.3, 0.4) is 0 Å². The molecular formula is C17H15F6NO3. The first-order chi connectivity index (χ1) is 12.6. The maximum absolute atomic E-state index is 12.9. The number of aromatic nitrogens is 1. The molecule has 0 amide bonds. The first-order valence-corrected chi connectivity index (χ1v) is 8.11. The number of benzene rings is 1. The lowest BCUT2D eigenvalue weighted by Crippen LogP contribution is -2.22. The molecule has 1 aliphatic rings. The van der Waals surface area contributed by atoms with Gasteiger partial charge in [-0.05, 0) is 37.5 Å². The van der Waals surface area contributed by atoms with Crippen LogP contribution in [0.4, 0.5) is 26.3 Å². The van der Waals surface area contributed by atoms with Crippen molar-refractivity contribution in [3.63, 3.8) is 0 Å². The Kier molecular flexibility index (Phi) is 5.48. The van der Waals surface area contributed by atoms with Crippen LogP contribution < -0.4 is 0 Å². The summed E-state index contributed by atoms with van der Waals surface area (Å²) in [6, 6.07) is 2.48. The van der Waals surface area contributed by atoms with Gasteiger partial charge in [0.1, 0.15) is 5.69 Å². The molecule has 1 atom stereocenters.